The van der Waals surface area contributed by atoms with Crippen molar-refractivity contribution in [1.82, 2.24) is 0 Å². The van der Waals surface area contributed by atoms with E-state index in [2.05, 4.69) is 30.8 Å². The van der Waals surface area contributed by atoms with Crippen LogP contribution in [0.3, 0.4) is 0 Å². The monoisotopic (exact) mass is 529 g/mol. The third-order valence-electron chi connectivity index (χ3n) is 11.8. The van der Waals surface area contributed by atoms with Crippen molar-refractivity contribution in [1.29, 1.82) is 0 Å². The predicted molar refractivity (Wildman–Crippen MR) is 148 cm³/mol. The number of fused-ring (bicyclic) bond motifs is 5. The molecule has 0 saturated heterocycles. The molecule has 38 heavy (non-hydrogen) atoms. The Labute approximate surface area is 229 Å². The molecular formula is C31H51N3O4. The van der Waals surface area contributed by atoms with E-state index in [-0.39, 0.29) is 23.5 Å². The minimum atomic E-state index is -0.892. The quantitative estimate of drug-likeness (QED) is 0.0933. The van der Waals surface area contributed by atoms with Gasteiger partial charge in [-0.15, -0.1) is 0 Å². The first-order valence-corrected chi connectivity index (χ1v) is 15.5. The first kappa shape index (κ1) is 29.2. The molecule has 4 saturated carbocycles. The van der Waals surface area contributed by atoms with Crippen molar-refractivity contribution in [2.75, 3.05) is 0 Å². The maximum absolute atomic E-state index is 12.4. The molecule has 4 fully saturated rings. The van der Waals surface area contributed by atoms with Crippen molar-refractivity contribution in [3.63, 3.8) is 0 Å². The third kappa shape index (κ3) is 5.21. The molecule has 7 nitrogen and oxygen atoms in total. The molecule has 0 aromatic rings. The zero-order valence-electron chi connectivity index (χ0n) is 24.5. The maximum Gasteiger partial charge on any atom is 0.302 e. The molecule has 9 atom stereocenters. The van der Waals surface area contributed by atoms with Crippen LogP contribution in [0.5, 0.6) is 0 Å². The zero-order chi connectivity index (χ0) is 27.6. The average Bonchev–Trinajstić information content (AvgIpc) is 3.18. The second-order valence-corrected chi connectivity index (χ2v) is 13.6. The van der Waals surface area contributed by atoms with Crippen molar-refractivity contribution < 1.29 is 19.1 Å². The number of azide groups is 1. The van der Waals surface area contributed by atoms with E-state index in [4.69, 9.17) is 9.47 Å². The van der Waals surface area contributed by atoms with Gasteiger partial charge in [0.05, 0.1) is 5.54 Å². The minimum absolute atomic E-state index is 0.294. The van der Waals surface area contributed by atoms with Gasteiger partial charge in [-0.25, -0.2) is 0 Å². The van der Waals surface area contributed by atoms with E-state index in [0.717, 1.165) is 31.6 Å². The molecule has 4 aliphatic rings. The Morgan fingerprint density at radius 1 is 0.921 bits per heavy atom. The third-order valence-corrected chi connectivity index (χ3v) is 11.8. The highest BCUT2D eigenvalue weighted by atomic mass is 16.6. The van der Waals surface area contributed by atoms with Crippen LogP contribution < -0.4 is 0 Å². The van der Waals surface area contributed by atoms with Crippen molar-refractivity contribution >= 4 is 11.9 Å². The van der Waals surface area contributed by atoms with E-state index >= 15 is 0 Å². The molecule has 214 valence electrons. The van der Waals surface area contributed by atoms with Gasteiger partial charge < -0.3 is 9.47 Å². The highest BCUT2D eigenvalue weighted by Gasteiger charge is 2.68. The molecule has 0 bridgehead atoms. The second-order valence-electron chi connectivity index (χ2n) is 13.6. The van der Waals surface area contributed by atoms with E-state index in [0.29, 0.717) is 29.6 Å². The number of rotatable bonds is 10. The fraction of sp³-hybridized carbons (Fsp3) is 0.935. The second kappa shape index (κ2) is 11.8. The Bertz CT molecular complexity index is 919. The van der Waals surface area contributed by atoms with Crippen LogP contribution in [0.1, 0.15) is 131 Å². The summed E-state index contributed by atoms with van der Waals surface area (Å²) >= 11 is 0. The molecule has 0 aromatic heterocycles. The summed E-state index contributed by atoms with van der Waals surface area (Å²) in [7, 11) is 0. The Morgan fingerprint density at radius 3 is 2.32 bits per heavy atom. The fourth-order valence-electron chi connectivity index (χ4n) is 9.95. The van der Waals surface area contributed by atoms with Crippen LogP contribution in [0, 0.1) is 34.5 Å². The molecule has 0 unspecified atom stereocenters. The van der Waals surface area contributed by atoms with E-state index in [1.165, 1.54) is 78.1 Å². The number of ether oxygens (including phenoxy) is 2. The van der Waals surface area contributed by atoms with E-state index in [1.807, 2.05) is 0 Å². The summed E-state index contributed by atoms with van der Waals surface area (Å²) in [4.78, 5) is 27.5. The number of unbranched alkanes of at least 4 members (excludes halogenated alkanes) is 5. The van der Waals surface area contributed by atoms with Crippen LogP contribution in [-0.4, -0.2) is 29.7 Å². The molecule has 4 rings (SSSR count). The molecule has 7 heteroatoms. The molecular weight excluding hydrogens is 478 g/mol. The van der Waals surface area contributed by atoms with Gasteiger partial charge in [0.2, 0.25) is 0 Å². The topological polar surface area (TPSA) is 101 Å². The Kier molecular flexibility index (Phi) is 9.06. The number of carbonyl (C=O) groups is 2. The van der Waals surface area contributed by atoms with Crippen LogP contribution in [0.2, 0.25) is 0 Å². The van der Waals surface area contributed by atoms with E-state index in [1.54, 1.807) is 0 Å². The number of hydrogen-bond acceptors (Lipinski definition) is 5. The number of nitrogens with zero attached hydrogens (tertiary/aromatic N) is 3. The highest BCUT2D eigenvalue weighted by Crippen LogP contribution is 2.70. The minimum Gasteiger partial charge on any atom is -0.463 e. The number of esters is 2. The van der Waals surface area contributed by atoms with E-state index in [9.17, 15) is 15.1 Å². The standard InChI is InChI=1S/C31H51N3O4/c1-6-7-8-9-10-11-12-23-13-14-26-25-19-28(38-22(3)36)31(33-34-32)20-24(37-21(2)35)15-18-30(31,5)27(25)16-17-29(23,26)4/h23-28H,6-20H2,1-5H3/t23-,24-,25-,26-,27-,28+,29+,30+,31-/m0/s1. The predicted octanol–water partition coefficient (Wildman–Crippen LogP) is 8.30. The van der Waals surface area contributed by atoms with Crippen LogP contribution in [0.4, 0.5) is 0 Å². The molecule has 0 radical (unpaired) electrons. The normalized spacial score (nSPS) is 41.7. The lowest BCUT2D eigenvalue weighted by Crippen LogP contribution is -2.68. The lowest BCUT2D eigenvalue weighted by Gasteiger charge is -2.66. The zero-order valence-corrected chi connectivity index (χ0v) is 24.5. The Morgan fingerprint density at radius 2 is 1.63 bits per heavy atom. The lowest BCUT2D eigenvalue weighted by molar-refractivity contribution is -0.204. The van der Waals surface area contributed by atoms with Gasteiger partial charge in [-0.05, 0) is 97.8 Å². The summed E-state index contributed by atoms with van der Waals surface area (Å²) in [6.07, 6.45) is 16.3. The van der Waals surface area contributed by atoms with Gasteiger partial charge in [-0.2, -0.15) is 0 Å². The summed E-state index contributed by atoms with van der Waals surface area (Å²) < 4.78 is 11.7. The Balaban J connectivity index is 1.58. The molecule has 0 N–H and O–H groups in total. The van der Waals surface area contributed by atoms with Gasteiger partial charge >= 0.3 is 11.9 Å². The number of hydrogen-bond donors (Lipinski definition) is 0. The maximum atomic E-state index is 12.4. The summed E-state index contributed by atoms with van der Waals surface area (Å²) in [6.45, 7) is 9.99. The van der Waals surface area contributed by atoms with Gasteiger partial charge in [0, 0.05) is 18.8 Å². The van der Waals surface area contributed by atoms with Gasteiger partial charge in [0.1, 0.15) is 12.2 Å². The van der Waals surface area contributed by atoms with E-state index < -0.39 is 11.6 Å². The highest BCUT2D eigenvalue weighted by molar-refractivity contribution is 5.67. The first-order chi connectivity index (χ1) is 18.1. The largest absolute Gasteiger partial charge is 0.463 e. The van der Waals surface area contributed by atoms with Crippen LogP contribution in [0.15, 0.2) is 5.11 Å². The summed E-state index contributed by atoms with van der Waals surface area (Å²) in [5.74, 6) is 1.64. The molecule has 0 heterocycles. The molecule has 0 aromatic carbocycles. The summed E-state index contributed by atoms with van der Waals surface area (Å²) in [5, 5.41) is 4.49. The van der Waals surface area contributed by atoms with Crippen LogP contribution >= 0.6 is 0 Å². The van der Waals surface area contributed by atoms with Gasteiger partial charge in [-0.1, -0.05) is 64.4 Å². The first-order valence-electron chi connectivity index (χ1n) is 15.5. The lowest BCUT2D eigenvalue weighted by atomic mass is 9.41. The average molecular weight is 530 g/mol. The van der Waals surface area contributed by atoms with Gasteiger partial charge in [0.25, 0.3) is 0 Å². The Hall–Kier alpha value is -1.75. The summed E-state index contributed by atoms with van der Waals surface area (Å²) in [6, 6.07) is 0. The van der Waals surface area contributed by atoms with Crippen molar-refractivity contribution in [3.8, 4) is 0 Å². The summed E-state index contributed by atoms with van der Waals surface area (Å²) in [5.41, 5.74) is 8.93. The SMILES string of the molecule is CCCCCCCC[C@H]1CC[C@H]2[C@@H]3C[C@@H](OC(C)=O)[C@@]4(N=[N+]=[N-])C[C@@H](OC(C)=O)CC[C@]4(C)[C@H]3CC[C@]12C. The van der Waals surface area contributed by atoms with Crippen LogP contribution in [0.25, 0.3) is 10.4 Å². The van der Waals surface area contributed by atoms with Crippen molar-refractivity contribution in [2.24, 2.45) is 39.6 Å². The molecule has 4 aliphatic carbocycles. The smallest absolute Gasteiger partial charge is 0.302 e. The van der Waals surface area contributed by atoms with Crippen LogP contribution in [-0.2, 0) is 19.1 Å². The molecule has 0 amide bonds. The van der Waals surface area contributed by atoms with Crippen molar-refractivity contribution in [2.45, 2.75) is 149 Å². The molecule has 0 aliphatic heterocycles. The van der Waals surface area contributed by atoms with Gasteiger partial charge in [0.15, 0.2) is 0 Å². The number of carbonyl (C=O) groups excluding carboxylic acids is 2. The van der Waals surface area contributed by atoms with Gasteiger partial charge in [-0.3, -0.25) is 9.59 Å². The van der Waals surface area contributed by atoms with Crippen molar-refractivity contribution in [3.05, 3.63) is 10.4 Å². The molecule has 0 spiro atoms. The fourth-order valence-corrected chi connectivity index (χ4v) is 9.95.